The highest BCUT2D eigenvalue weighted by Gasteiger charge is 2.32. The van der Waals surface area contributed by atoms with Crippen LogP contribution in [0.25, 0.3) is 0 Å². The van der Waals surface area contributed by atoms with Crippen molar-refractivity contribution in [2.24, 2.45) is 0 Å². The van der Waals surface area contributed by atoms with Crippen LogP contribution in [0.15, 0.2) is 0 Å². The van der Waals surface area contributed by atoms with Crippen LogP contribution in [0.4, 0.5) is 0 Å². The minimum Gasteiger partial charge on any atom is -0.375 e. The first kappa shape index (κ1) is 14.2. The average molecular weight is 276 g/mol. The third-order valence-electron chi connectivity index (χ3n) is 3.50. The first-order chi connectivity index (χ1) is 8.49. The Bertz CT molecular complexity index is 368. The summed E-state index contributed by atoms with van der Waals surface area (Å²) in [5.74, 6) is 0.240. The molecule has 1 saturated heterocycles. The van der Waals surface area contributed by atoms with Gasteiger partial charge in [0.1, 0.15) is 0 Å². The Kier molecular flexibility index (Phi) is 4.64. The van der Waals surface area contributed by atoms with Crippen molar-refractivity contribution in [1.29, 1.82) is 0 Å². The summed E-state index contributed by atoms with van der Waals surface area (Å²) < 4.78 is 31.6. The molecule has 0 aromatic heterocycles. The van der Waals surface area contributed by atoms with Crippen LogP contribution in [-0.4, -0.2) is 56.4 Å². The van der Waals surface area contributed by atoms with E-state index in [4.69, 9.17) is 4.74 Å². The van der Waals surface area contributed by atoms with E-state index >= 15 is 0 Å². The first-order valence-electron chi connectivity index (χ1n) is 6.83. The summed E-state index contributed by atoms with van der Waals surface area (Å²) in [5.41, 5.74) is 0. The number of ether oxygens (including phenoxy) is 1. The quantitative estimate of drug-likeness (QED) is 0.721. The second-order valence-corrected chi connectivity index (χ2v) is 7.50. The topological polar surface area (TPSA) is 58.6 Å². The maximum Gasteiger partial charge on any atom is 0.214 e. The van der Waals surface area contributed by atoms with Crippen LogP contribution in [0.2, 0.25) is 0 Å². The molecule has 2 aliphatic rings. The fraction of sp³-hybridized carbons (Fsp3) is 1.00. The van der Waals surface area contributed by atoms with Gasteiger partial charge in [0.15, 0.2) is 0 Å². The summed E-state index contributed by atoms with van der Waals surface area (Å²) in [6.07, 6.45) is 3.17. The third kappa shape index (κ3) is 3.91. The van der Waals surface area contributed by atoms with Gasteiger partial charge in [-0.15, -0.1) is 0 Å². The standard InChI is InChI=1S/C12H24N2O3S/c1-10-9-17-11(2)8-14(10)18(15,16)7-3-6-13-12-4-5-12/h10-13H,3-9H2,1-2H3. The van der Waals surface area contributed by atoms with Crippen LogP contribution in [0, 0.1) is 0 Å². The van der Waals surface area contributed by atoms with E-state index in [0.717, 1.165) is 6.54 Å². The van der Waals surface area contributed by atoms with Crippen molar-refractivity contribution >= 4 is 10.0 Å². The molecule has 2 unspecified atom stereocenters. The van der Waals surface area contributed by atoms with Crippen molar-refractivity contribution in [2.45, 2.75) is 51.3 Å². The van der Waals surface area contributed by atoms with Gasteiger partial charge in [0, 0.05) is 18.6 Å². The van der Waals surface area contributed by atoms with Crippen LogP contribution in [0.3, 0.4) is 0 Å². The number of morpholine rings is 1. The third-order valence-corrected chi connectivity index (χ3v) is 5.53. The van der Waals surface area contributed by atoms with Crippen LogP contribution >= 0.6 is 0 Å². The number of nitrogens with one attached hydrogen (secondary N) is 1. The molecule has 1 aliphatic heterocycles. The van der Waals surface area contributed by atoms with Gasteiger partial charge in [-0.1, -0.05) is 0 Å². The van der Waals surface area contributed by atoms with Gasteiger partial charge in [0.25, 0.3) is 0 Å². The Morgan fingerprint density at radius 1 is 1.33 bits per heavy atom. The number of rotatable bonds is 6. The molecule has 1 N–H and O–H groups in total. The molecule has 5 nitrogen and oxygen atoms in total. The zero-order valence-electron chi connectivity index (χ0n) is 11.3. The lowest BCUT2D eigenvalue weighted by molar-refractivity contribution is -0.0170. The number of hydrogen-bond acceptors (Lipinski definition) is 4. The van der Waals surface area contributed by atoms with Crippen molar-refractivity contribution in [3.8, 4) is 0 Å². The minimum atomic E-state index is -3.13. The molecule has 1 aliphatic carbocycles. The second kappa shape index (κ2) is 5.86. The van der Waals surface area contributed by atoms with E-state index in [2.05, 4.69) is 5.32 Å². The molecule has 2 atom stereocenters. The van der Waals surface area contributed by atoms with Gasteiger partial charge in [-0.25, -0.2) is 8.42 Å². The average Bonchev–Trinajstić information content (AvgIpc) is 3.12. The number of sulfonamides is 1. The molecule has 2 rings (SSSR count). The molecular weight excluding hydrogens is 252 g/mol. The lowest BCUT2D eigenvalue weighted by atomic mass is 10.2. The Morgan fingerprint density at radius 2 is 2.06 bits per heavy atom. The van der Waals surface area contributed by atoms with Gasteiger partial charge in [-0.2, -0.15) is 4.31 Å². The predicted molar refractivity (Wildman–Crippen MR) is 71.0 cm³/mol. The van der Waals surface area contributed by atoms with E-state index in [1.165, 1.54) is 12.8 Å². The van der Waals surface area contributed by atoms with Crippen molar-refractivity contribution in [2.75, 3.05) is 25.4 Å². The molecule has 0 amide bonds. The van der Waals surface area contributed by atoms with Crippen molar-refractivity contribution in [3.63, 3.8) is 0 Å². The molecule has 1 heterocycles. The van der Waals surface area contributed by atoms with Crippen LogP contribution < -0.4 is 5.32 Å². The number of hydrogen-bond donors (Lipinski definition) is 1. The predicted octanol–water partition coefficient (Wildman–Crippen LogP) is 0.568. The zero-order valence-corrected chi connectivity index (χ0v) is 12.1. The van der Waals surface area contributed by atoms with Gasteiger partial charge in [0.2, 0.25) is 10.0 Å². The summed E-state index contributed by atoms with van der Waals surface area (Å²) in [4.78, 5) is 0. The highest BCUT2D eigenvalue weighted by Crippen LogP contribution is 2.19. The summed E-state index contributed by atoms with van der Waals surface area (Å²) in [6.45, 7) is 5.62. The SMILES string of the molecule is CC1CN(S(=O)(=O)CCCNC2CC2)C(C)CO1. The molecule has 0 aromatic carbocycles. The van der Waals surface area contributed by atoms with Gasteiger partial charge in [-0.3, -0.25) is 0 Å². The molecular formula is C12H24N2O3S. The minimum absolute atomic E-state index is 0.000522. The Labute approximate surface area is 110 Å². The summed E-state index contributed by atoms with van der Waals surface area (Å²) in [5, 5.41) is 3.34. The summed E-state index contributed by atoms with van der Waals surface area (Å²) >= 11 is 0. The molecule has 2 fully saturated rings. The molecule has 0 bridgehead atoms. The van der Waals surface area contributed by atoms with E-state index in [9.17, 15) is 8.42 Å². The van der Waals surface area contributed by atoms with Crippen molar-refractivity contribution in [3.05, 3.63) is 0 Å². The fourth-order valence-corrected chi connectivity index (χ4v) is 4.02. The highest BCUT2D eigenvalue weighted by molar-refractivity contribution is 7.89. The largest absolute Gasteiger partial charge is 0.375 e. The van der Waals surface area contributed by atoms with Crippen LogP contribution in [0.1, 0.15) is 33.1 Å². The van der Waals surface area contributed by atoms with E-state index < -0.39 is 10.0 Å². The summed E-state index contributed by atoms with van der Waals surface area (Å²) in [6, 6.07) is 0.609. The first-order valence-corrected chi connectivity index (χ1v) is 8.44. The van der Waals surface area contributed by atoms with Crippen LogP contribution in [0.5, 0.6) is 0 Å². The highest BCUT2D eigenvalue weighted by atomic mass is 32.2. The van der Waals surface area contributed by atoms with Crippen LogP contribution in [-0.2, 0) is 14.8 Å². The monoisotopic (exact) mass is 276 g/mol. The zero-order chi connectivity index (χ0) is 13.2. The van der Waals surface area contributed by atoms with E-state index in [1.807, 2.05) is 13.8 Å². The fourth-order valence-electron chi connectivity index (χ4n) is 2.23. The Hall–Kier alpha value is -0.170. The number of nitrogens with zero attached hydrogens (tertiary/aromatic N) is 1. The lowest BCUT2D eigenvalue weighted by Gasteiger charge is -2.35. The molecule has 0 spiro atoms. The van der Waals surface area contributed by atoms with E-state index in [1.54, 1.807) is 4.31 Å². The van der Waals surface area contributed by atoms with Gasteiger partial charge >= 0.3 is 0 Å². The Balaban J connectivity index is 1.79. The van der Waals surface area contributed by atoms with Gasteiger partial charge in [0.05, 0.1) is 18.5 Å². The Morgan fingerprint density at radius 3 is 2.72 bits per heavy atom. The van der Waals surface area contributed by atoms with E-state index in [0.29, 0.717) is 25.6 Å². The normalized spacial score (nSPS) is 30.6. The molecule has 18 heavy (non-hydrogen) atoms. The second-order valence-electron chi connectivity index (χ2n) is 5.46. The summed E-state index contributed by atoms with van der Waals surface area (Å²) in [7, 11) is -3.13. The van der Waals surface area contributed by atoms with Gasteiger partial charge in [-0.05, 0) is 39.7 Å². The van der Waals surface area contributed by atoms with Crippen molar-refractivity contribution in [1.82, 2.24) is 9.62 Å². The maximum atomic E-state index is 12.2. The smallest absolute Gasteiger partial charge is 0.214 e. The van der Waals surface area contributed by atoms with E-state index in [-0.39, 0.29) is 17.9 Å². The molecule has 0 aromatic rings. The lowest BCUT2D eigenvalue weighted by Crippen LogP contribution is -2.50. The molecule has 1 saturated carbocycles. The molecule has 0 radical (unpaired) electrons. The molecule has 6 heteroatoms. The molecule has 106 valence electrons. The maximum absolute atomic E-state index is 12.2. The van der Waals surface area contributed by atoms with Crippen molar-refractivity contribution < 1.29 is 13.2 Å². The van der Waals surface area contributed by atoms with Gasteiger partial charge < -0.3 is 10.1 Å².